The van der Waals surface area contributed by atoms with Gasteiger partial charge in [-0.05, 0) is 31.0 Å². The summed E-state index contributed by atoms with van der Waals surface area (Å²) in [6, 6.07) is 8.08. The molecule has 0 fully saturated rings. The second-order valence-electron chi connectivity index (χ2n) is 5.17. The molecule has 1 aromatic carbocycles. The first-order chi connectivity index (χ1) is 11.1. The first-order valence-corrected chi connectivity index (χ1v) is 7.56. The largest absolute Gasteiger partial charge is 0.497 e. The SMILES string of the molecule is CN=C(NCCc1ccc(OC)cc1)NCc1nnc(C)n1C. The molecule has 124 valence electrons. The van der Waals surface area contributed by atoms with Crippen LogP contribution in [0.5, 0.6) is 5.75 Å². The van der Waals surface area contributed by atoms with Gasteiger partial charge < -0.3 is 19.9 Å². The molecule has 0 radical (unpaired) electrons. The maximum Gasteiger partial charge on any atom is 0.191 e. The van der Waals surface area contributed by atoms with Crippen molar-refractivity contribution < 1.29 is 4.74 Å². The number of aryl methyl sites for hydroxylation is 1. The fourth-order valence-corrected chi connectivity index (χ4v) is 2.11. The van der Waals surface area contributed by atoms with Gasteiger partial charge in [0.05, 0.1) is 13.7 Å². The van der Waals surface area contributed by atoms with E-state index in [-0.39, 0.29) is 0 Å². The molecule has 0 aliphatic heterocycles. The predicted molar refractivity (Wildman–Crippen MR) is 90.6 cm³/mol. The smallest absolute Gasteiger partial charge is 0.191 e. The third-order valence-corrected chi connectivity index (χ3v) is 3.69. The summed E-state index contributed by atoms with van der Waals surface area (Å²) in [5, 5.41) is 14.7. The number of ether oxygens (including phenoxy) is 1. The van der Waals surface area contributed by atoms with Crippen molar-refractivity contribution in [2.45, 2.75) is 19.9 Å². The van der Waals surface area contributed by atoms with Crippen LogP contribution in [0.15, 0.2) is 29.3 Å². The molecule has 0 spiro atoms. The number of benzene rings is 1. The highest BCUT2D eigenvalue weighted by Crippen LogP contribution is 2.11. The van der Waals surface area contributed by atoms with Crippen molar-refractivity contribution in [2.24, 2.45) is 12.0 Å². The van der Waals surface area contributed by atoms with Gasteiger partial charge in [-0.3, -0.25) is 4.99 Å². The van der Waals surface area contributed by atoms with E-state index in [1.807, 2.05) is 30.7 Å². The second-order valence-corrected chi connectivity index (χ2v) is 5.17. The number of hydrogen-bond donors (Lipinski definition) is 2. The Bertz CT molecular complexity index is 647. The molecule has 7 heteroatoms. The van der Waals surface area contributed by atoms with Crippen molar-refractivity contribution in [1.82, 2.24) is 25.4 Å². The normalized spacial score (nSPS) is 11.4. The third kappa shape index (κ3) is 4.70. The molecule has 0 aliphatic rings. The number of hydrogen-bond acceptors (Lipinski definition) is 4. The van der Waals surface area contributed by atoms with Gasteiger partial charge in [0.1, 0.15) is 11.6 Å². The van der Waals surface area contributed by atoms with E-state index in [2.05, 4.69) is 38.0 Å². The molecule has 0 saturated heterocycles. The van der Waals surface area contributed by atoms with Gasteiger partial charge in [-0.25, -0.2) is 0 Å². The quantitative estimate of drug-likeness (QED) is 0.615. The van der Waals surface area contributed by atoms with Crippen LogP contribution in [0.4, 0.5) is 0 Å². The Labute approximate surface area is 136 Å². The van der Waals surface area contributed by atoms with Gasteiger partial charge in [0.2, 0.25) is 0 Å². The van der Waals surface area contributed by atoms with Crippen LogP contribution in [-0.2, 0) is 20.0 Å². The maximum absolute atomic E-state index is 5.16. The molecular weight excluding hydrogens is 292 g/mol. The van der Waals surface area contributed by atoms with Crippen molar-refractivity contribution in [3.63, 3.8) is 0 Å². The molecule has 2 N–H and O–H groups in total. The lowest BCUT2D eigenvalue weighted by Gasteiger charge is -2.11. The Morgan fingerprint density at radius 3 is 2.52 bits per heavy atom. The Balaban J connectivity index is 1.77. The van der Waals surface area contributed by atoms with E-state index >= 15 is 0 Å². The number of rotatable bonds is 6. The lowest BCUT2D eigenvalue weighted by Crippen LogP contribution is -2.38. The van der Waals surface area contributed by atoms with Crippen LogP contribution in [0.25, 0.3) is 0 Å². The Morgan fingerprint density at radius 2 is 1.96 bits per heavy atom. The zero-order valence-electron chi connectivity index (χ0n) is 14.1. The molecule has 0 aliphatic carbocycles. The summed E-state index contributed by atoms with van der Waals surface area (Å²) in [7, 11) is 5.38. The van der Waals surface area contributed by atoms with E-state index in [9.17, 15) is 0 Å². The lowest BCUT2D eigenvalue weighted by atomic mass is 10.1. The Kier molecular flexibility index (Phi) is 5.96. The molecule has 1 aromatic heterocycles. The van der Waals surface area contributed by atoms with Crippen LogP contribution < -0.4 is 15.4 Å². The van der Waals surface area contributed by atoms with Crippen LogP contribution >= 0.6 is 0 Å². The van der Waals surface area contributed by atoms with E-state index < -0.39 is 0 Å². The summed E-state index contributed by atoms with van der Waals surface area (Å²) in [6.45, 7) is 3.31. The van der Waals surface area contributed by atoms with E-state index in [4.69, 9.17) is 4.74 Å². The molecule has 2 rings (SSSR count). The second kappa shape index (κ2) is 8.17. The van der Waals surface area contributed by atoms with Crippen molar-refractivity contribution >= 4 is 5.96 Å². The minimum atomic E-state index is 0.583. The molecule has 0 saturated carbocycles. The van der Waals surface area contributed by atoms with Crippen LogP contribution in [0, 0.1) is 6.92 Å². The van der Waals surface area contributed by atoms with Gasteiger partial charge in [0, 0.05) is 20.6 Å². The minimum absolute atomic E-state index is 0.583. The summed E-state index contributed by atoms with van der Waals surface area (Å²) in [6.07, 6.45) is 0.910. The Morgan fingerprint density at radius 1 is 1.22 bits per heavy atom. The third-order valence-electron chi connectivity index (χ3n) is 3.69. The lowest BCUT2D eigenvalue weighted by molar-refractivity contribution is 0.414. The van der Waals surface area contributed by atoms with Crippen LogP contribution in [0.3, 0.4) is 0 Å². The molecule has 23 heavy (non-hydrogen) atoms. The van der Waals surface area contributed by atoms with Crippen LogP contribution in [0.2, 0.25) is 0 Å². The molecule has 0 unspecified atom stereocenters. The van der Waals surface area contributed by atoms with Crippen molar-refractivity contribution in [2.75, 3.05) is 20.7 Å². The Hall–Kier alpha value is -2.57. The number of aromatic nitrogens is 3. The predicted octanol–water partition coefficient (Wildman–Crippen LogP) is 1.04. The highest BCUT2D eigenvalue weighted by atomic mass is 16.5. The standard InChI is InChI=1S/C16H24N6O/c1-12-20-21-15(22(12)3)11-19-16(17-2)18-10-9-13-5-7-14(23-4)8-6-13/h5-8H,9-11H2,1-4H3,(H2,17,18,19). The van der Waals surface area contributed by atoms with Gasteiger partial charge in [0.25, 0.3) is 0 Å². The van der Waals surface area contributed by atoms with Gasteiger partial charge in [-0.15, -0.1) is 10.2 Å². The maximum atomic E-state index is 5.16. The minimum Gasteiger partial charge on any atom is -0.497 e. The number of nitrogens with zero attached hydrogens (tertiary/aromatic N) is 4. The summed E-state index contributed by atoms with van der Waals surface area (Å²) in [5.74, 6) is 3.39. The molecule has 1 heterocycles. The fourth-order valence-electron chi connectivity index (χ4n) is 2.11. The number of nitrogens with one attached hydrogen (secondary N) is 2. The summed E-state index contributed by atoms with van der Waals surface area (Å²) in [4.78, 5) is 4.22. The first kappa shape index (κ1) is 16.8. The zero-order chi connectivity index (χ0) is 16.7. The monoisotopic (exact) mass is 316 g/mol. The van der Waals surface area contributed by atoms with Crippen molar-refractivity contribution in [1.29, 1.82) is 0 Å². The van der Waals surface area contributed by atoms with Crippen LogP contribution in [-0.4, -0.2) is 41.4 Å². The fraction of sp³-hybridized carbons (Fsp3) is 0.438. The zero-order valence-corrected chi connectivity index (χ0v) is 14.1. The number of methoxy groups -OCH3 is 1. The highest BCUT2D eigenvalue weighted by Gasteiger charge is 2.05. The molecular formula is C16H24N6O. The van der Waals surface area contributed by atoms with Crippen molar-refractivity contribution in [3.8, 4) is 5.75 Å². The number of aliphatic imine (C=N–C) groups is 1. The molecule has 0 bridgehead atoms. The van der Waals surface area contributed by atoms with Crippen molar-refractivity contribution in [3.05, 3.63) is 41.5 Å². The van der Waals surface area contributed by atoms with E-state index in [1.165, 1.54) is 5.56 Å². The average Bonchev–Trinajstić information content (AvgIpc) is 2.90. The molecule has 0 atom stereocenters. The number of guanidine groups is 1. The summed E-state index contributed by atoms with van der Waals surface area (Å²) in [5.41, 5.74) is 1.25. The van der Waals surface area contributed by atoms with Gasteiger partial charge in [-0.2, -0.15) is 0 Å². The highest BCUT2D eigenvalue weighted by molar-refractivity contribution is 5.79. The van der Waals surface area contributed by atoms with Gasteiger partial charge >= 0.3 is 0 Å². The molecule has 0 amide bonds. The van der Waals surface area contributed by atoms with Crippen LogP contribution in [0.1, 0.15) is 17.2 Å². The van der Waals surface area contributed by atoms with Gasteiger partial charge in [0.15, 0.2) is 11.8 Å². The summed E-state index contributed by atoms with van der Waals surface area (Å²) < 4.78 is 7.11. The van der Waals surface area contributed by atoms with Gasteiger partial charge in [-0.1, -0.05) is 12.1 Å². The summed E-state index contributed by atoms with van der Waals surface area (Å²) >= 11 is 0. The molecule has 2 aromatic rings. The first-order valence-electron chi connectivity index (χ1n) is 7.56. The topological polar surface area (TPSA) is 76.4 Å². The average molecular weight is 316 g/mol. The van der Waals surface area contributed by atoms with E-state index in [0.717, 1.165) is 36.3 Å². The van der Waals surface area contributed by atoms with E-state index in [0.29, 0.717) is 6.54 Å². The van der Waals surface area contributed by atoms with E-state index in [1.54, 1.807) is 14.2 Å². The molecule has 7 nitrogen and oxygen atoms in total.